The molecule has 0 saturated carbocycles. The number of hydrogen-bond acceptors (Lipinski definition) is 3. The molecule has 0 aromatic carbocycles. The first-order chi connectivity index (χ1) is 5.40. The molecule has 0 heterocycles. The first-order valence-corrected chi connectivity index (χ1v) is 3.59. The molecule has 0 rings (SSSR count). The molecule has 0 atom stereocenters. The Morgan fingerprint density at radius 2 is 1.92 bits per heavy atom. The van der Waals surface area contributed by atoms with Crippen LogP contribution in [-0.2, 0) is 14.4 Å². The number of rotatable bonds is 5. The van der Waals surface area contributed by atoms with E-state index in [1.54, 1.807) is 0 Å². The largest absolute Gasteiger partial charge is 0.481 e. The van der Waals surface area contributed by atoms with Crippen LogP contribution in [0.1, 0.15) is 26.7 Å². The number of aldehydes is 1. The number of hydrogen-bond donors (Lipinski definition) is 1. The fourth-order valence-electron chi connectivity index (χ4n) is 0.734. The van der Waals surface area contributed by atoms with Crippen molar-refractivity contribution in [3.8, 4) is 0 Å². The van der Waals surface area contributed by atoms with Crippen molar-refractivity contribution in [1.82, 2.24) is 0 Å². The quantitative estimate of drug-likeness (QED) is 0.488. The average molecular weight is 172 g/mol. The summed E-state index contributed by atoms with van der Waals surface area (Å²) in [5.74, 6) is -1.36. The number of ketones is 1. The molecular weight excluding hydrogens is 160 g/mol. The fourth-order valence-corrected chi connectivity index (χ4v) is 0.734. The van der Waals surface area contributed by atoms with Crippen LogP contribution in [-0.4, -0.2) is 23.1 Å². The van der Waals surface area contributed by atoms with Crippen LogP contribution >= 0.6 is 0 Å². The first kappa shape index (κ1) is 10.8. The van der Waals surface area contributed by atoms with Gasteiger partial charge in [-0.3, -0.25) is 9.59 Å². The summed E-state index contributed by atoms with van der Waals surface area (Å²) in [7, 11) is 0. The topological polar surface area (TPSA) is 71.4 Å². The molecule has 0 bridgehead atoms. The van der Waals surface area contributed by atoms with E-state index < -0.39 is 11.4 Å². The lowest BCUT2D eigenvalue weighted by molar-refractivity contribution is -0.149. The van der Waals surface area contributed by atoms with Crippen molar-refractivity contribution in [2.45, 2.75) is 26.7 Å². The van der Waals surface area contributed by atoms with Crippen LogP contribution < -0.4 is 0 Å². The monoisotopic (exact) mass is 172 g/mol. The number of Topliss-reactive ketones (excluding diaryl/α,β-unsaturated/α-hetero) is 1. The first-order valence-electron chi connectivity index (χ1n) is 3.59. The van der Waals surface area contributed by atoms with Crippen LogP contribution in [0.5, 0.6) is 0 Å². The summed E-state index contributed by atoms with van der Waals surface area (Å²) in [6.45, 7) is 2.91. The molecule has 0 aliphatic rings. The second-order valence-corrected chi connectivity index (χ2v) is 3.28. The molecule has 4 heteroatoms. The number of carbonyl (C=O) groups excluding carboxylic acids is 2. The zero-order valence-electron chi connectivity index (χ0n) is 7.16. The molecular formula is C8H12O4. The Balaban J connectivity index is 4.14. The van der Waals surface area contributed by atoms with Gasteiger partial charge in [-0.15, -0.1) is 0 Å². The lowest BCUT2D eigenvalue weighted by Crippen LogP contribution is -2.26. The summed E-state index contributed by atoms with van der Waals surface area (Å²) < 4.78 is 0. The Morgan fingerprint density at radius 1 is 1.42 bits per heavy atom. The van der Waals surface area contributed by atoms with Crippen molar-refractivity contribution in [3.05, 3.63) is 0 Å². The van der Waals surface area contributed by atoms with Crippen LogP contribution in [0.2, 0.25) is 0 Å². The minimum atomic E-state index is -1.07. The molecule has 4 nitrogen and oxygen atoms in total. The normalized spacial score (nSPS) is 10.8. The number of aliphatic carboxylic acids is 1. The van der Waals surface area contributed by atoms with Crippen LogP contribution in [0, 0.1) is 5.41 Å². The number of carboxylic acid groups (broad SMARTS) is 1. The van der Waals surface area contributed by atoms with Crippen molar-refractivity contribution in [3.63, 3.8) is 0 Å². The summed E-state index contributed by atoms with van der Waals surface area (Å²) in [5.41, 5.74) is -1.07. The smallest absolute Gasteiger partial charge is 0.309 e. The van der Waals surface area contributed by atoms with Crippen molar-refractivity contribution >= 4 is 18.0 Å². The van der Waals surface area contributed by atoms with Crippen LogP contribution in [0.25, 0.3) is 0 Å². The van der Waals surface area contributed by atoms with Gasteiger partial charge in [-0.2, -0.15) is 0 Å². The van der Waals surface area contributed by atoms with Crippen molar-refractivity contribution in [1.29, 1.82) is 0 Å². The Hall–Kier alpha value is -1.19. The highest BCUT2D eigenvalue weighted by Gasteiger charge is 2.29. The van der Waals surface area contributed by atoms with E-state index in [9.17, 15) is 14.4 Å². The molecule has 12 heavy (non-hydrogen) atoms. The van der Waals surface area contributed by atoms with Crippen LogP contribution in [0.15, 0.2) is 0 Å². The molecule has 0 unspecified atom stereocenters. The van der Waals surface area contributed by atoms with Crippen LogP contribution in [0.3, 0.4) is 0 Å². The maximum absolute atomic E-state index is 10.9. The highest BCUT2D eigenvalue weighted by molar-refractivity contribution is 5.92. The standard InChI is InChI=1S/C8H12O4/c1-8(2,7(11)12)5-6(10)3-4-9/h4H,3,5H2,1-2H3,(H,11,12). The average Bonchev–Trinajstić information content (AvgIpc) is 1.85. The third-order valence-corrected chi connectivity index (χ3v) is 1.53. The third kappa shape index (κ3) is 3.27. The second-order valence-electron chi connectivity index (χ2n) is 3.28. The summed E-state index contributed by atoms with van der Waals surface area (Å²) in [6, 6.07) is 0. The zero-order valence-corrected chi connectivity index (χ0v) is 7.16. The molecule has 0 saturated heterocycles. The molecule has 0 amide bonds. The lowest BCUT2D eigenvalue weighted by Gasteiger charge is -2.16. The Morgan fingerprint density at radius 3 is 2.25 bits per heavy atom. The maximum atomic E-state index is 10.9. The number of carboxylic acids is 1. The van der Waals surface area contributed by atoms with Gasteiger partial charge in [-0.25, -0.2) is 0 Å². The van der Waals surface area contributed by atoms with Gasteiger partial charge in [0.25, 0.3) is 0 Å². The van der Waals surface area contributed by atoms with E-state index in [1.807, 2.05) is 0 Å². The molecule has 0 aliphatic carbocycles. The maximum Gasteiger partial charge on any atom is 0.309 e. The van der Waals surface area contributed by atoms with Gasteiger partial charge in [-0.05, 0) is 13.8 Å². The van der Waals surface area contributed by atoms with Crippen molar-refractivity contribution in [2.75, 3.05) is 0 Å². The summed E-state index contributed by atoms with van der Waals surface area (Å²) in [5, 5.41) is 8.62. The van der Waals surface area contributed by atoms with Gasteiger partial charge in [0, 0.05) is 6.42 Å². The summed E-state index contributed by atoms with van der Waals surface area (Å²) in [6.07, 6.45) is 0.193. The van der Waals surface area contributed by atoms with Gasteiger partial charge in [0.15, 0.2) is 0 Å². The van der Waals surface area contributed by atoms with Gasteiger partial charge in [0.2, 0.25) is 0 Å². The van der Waals surface area contributed by atoms with E-state index in [-0.39, 0.29) is 18.6 Å². The Bertz CT molecular complexity index is 205. The van der Waals surface area contributed by atoms with E-state index >= 15 is 0 Å². The molecule has 1 N–H and O–H groups in total. The zero-order chi connectivity index (χ0) is 9.78. The molecule has 0 aliphatic heterocycles. The van der Waals surface area contributed by atoms with Gasteiger partial charge in [0.05, 0.1) is 11.8 Å². The van der Waals surface area contributed by atoms with E-state index in [0.29, 0.717) is 6.29 Å². The van der Waals surface area contributed by atoms with Gasteiger partial charge in [-0.1, -0.05) is 0 Å². The Labute approximate surface area is 70.6 Å². The molecule has 0 aromatic rings. The van der Waals surface area contributed by atoms with E-state index in [4.69, 9.17) is 5.11 Å². The van der Waals surface area contributed by atoms with Crippen LogP contribution in [0.4, 0.5) is 0 Å². The van der Waals surface area contributed by atoms with E-state index in [1.165, 1.54) is 13.8 Å². The summed E-state index contributed by atoms with van der Waals surface area (Å²) in [4.78, 5) is 31.3. The predicted octanol–water partition coefficient (Wildman–Crippen LogP) is 0.645. The molecule has 0 radical (unpaired) electrons. The summed E-state index contributed by atoms with van der Waals surface area (Å²) >= 11 is 0. The van der Waals surface area contributed by atoms with Gasteiger partial charge >= 0.3 is 5.97 Å². The van der Waals surface area contributed by atoms with Crippen molar-refractivity contribution in [2.24, 2.45) is 5.41 Å². The highest BCUT2D eigenvalue weighted by atomic mass is 16.4. The Kier molecular flexibility index (Phi) is 3.60. The SMILES string of the molecule is CC(C)(CC(=O)CC=O)C(=O)O. The molecule has 0 spiro atoms. The lowest BCUT2D eigenvalue weighted by atomic mass is 9.87. The fraction of sp³-hybridized carbons (Fsp3) is 0.625. The van der Waals surface area contributed by atoms with Gasteiger partial charge in [0.1, 0.15) is 12.1 Å². The third-order valence-electron chi connectivity index (χ3n) is 1.53. The molecule has 0 fully saturated rings. The second kappa shape index (κ2) is 3.99. The van der Waals surface area contributed by atoms with E-state index in [2.05, 4.69) is 0 Å². The van der Waals surface area contributed by atoms with Gasteiger partial charge < -0.3 is 9.90 Å². The minimum Gasteiger partial charge on any atom is -0.481 e. The van der Waals surface area contributed by atoms with E-state index in [0.717, 1.165) is 0 Å². The van der Waals surface area contributed by atoms with Crippen molar-refractivity contribution < 1.29 is 19.5 Å². The molecule has 68 valence electrons. The highest BCUT2D eigenvalue weighted by Crippen LogP contribution is 2.20. The minimum absolute atomic E-state index is 0.0962. The number of carbonyl (C=O) groups is 3. The molecule has 0 aromatic heterocycles. The predicted molar refractivity (Wildman–Crippen MR) is 41.7 cm³/mol.